The number of carbonyl (C=O) groups is 2. The molecule has 0 aromatic heterocycles. The van der Waals surface area contributed by atoms with E-state index < -0.39 is 12.1 Å². The van der Waals surface area contributed by atoms with Gasteiger partial charge in [0.25, 0.3) is 5.91 Å². The average Bonchev–Trinajstić information content (AvgIpc) is 2.55. The summed E-state index contributed by atoms with van der Waals surface area (Å²) in [7, 11) is 1.32. The Morgan fingerprint density at radius 1 is 1.18 bits per heavy atom. The Balaban J connectivity index is 2.15. The minimum Gasteiger partial charge on any atom is -0.479 e. The highest BCUT2D eigenvalue weighted by atomic mass is 16.5. The Bertz CT molecular complexity index is 727. The number of esters is 1. The number of fused-ring (bicyclic) bond motifs is 1. The number of para-hydroxylation sites is 1. The van der Waals surface area contributed by atoms with Crippen molar-refractivity contribution in [2.24, 2.45) is 0 Å². The van der Waals surface area contributed by atoms with E-state index in [1.807, 2.05) is 30.3 Å². The van der Waals surface area contributed by atoms with Gasteiger partial charge in [0.1, 0.15) is 5.75 Å². The molecule has 1 heterocycles. The summed E-state index contributed by atoms with van der Waals surface area (Å²) in [6, 6.07) is 14.2. The summed E-state index contributed by atoms with van der Waals surface area (Å²) in [6.07, 6.45) is -0.586. The summed E-state index contributed by atoms with van der Waals surface area (Å²) in [5.41, 5.74) is 1.64. The van der Waals surface area contributed by atoms with Crippen LogP contribution < -0.4 is 9.64 Å². The van der Waals surface area contributed by atoms with Crippen molar-refractivity contribution >= 4 is 23.3 Å². The summed E-state index contributed by atoms with van der Waals surface area (Å²) >= 11 is 0. The zero-order chi connectivity index (χ0) is 15.7. The Labute approximate surface area is 128 Å². The molecule has 3 rings (SSSR count). The van der Waals surface area contributed by atoms with Crippen molar-refractivity contribution in [1.82, 2.24) is 0 Å². The van der Waals surface area contributed by atoms with Gasteiger partial charge in [0.15, 0.2) is 6.10 Å². The van der Waals surface area contributed by atoms with Gasteiger partial charge in [-0.2, -0.15) is 0 Å². The number of hydrogen-bond acceptors (Lipinski definition) is 4. The normalized spacial score (nSPS) is 16.7. The summed E-state index contributed by atoms with van der Waals surface area (Å²) < 4.78 is 10.4. The quantitative estimate of drug-likeness (QED) is 0.800. The molecular weight excluding hydrogens is 282 g/mol. The lowest BCUT2D eigenvalue weighted by molar-refractivity contribution is -0.124. The van der Waals surface area contributed by atoms with E-state index in [-0.39, 0.29) is 5.91 Å². The number of amides is 1. The predicted octanol–water partition coefficient (Wildman–Crippen LogP) is 2.92. The fraction of sp³-hybridized carbons (Fsp3) is 0.176. The highest BCUT2D eigenvalue weighted by molar-refractivity contribution is 6.06. The van der Waals surface area contributed by atoms with Crippen LogP contribution in [0.15, 0.2) is 48.5 Å². The first-order valence-electron chi connectivity index (χ1n) is 6.90. The Kier molecular flexibility index (Phi) is 3.55. The first-order valence-corrected chi connectivity index (χ1v) is 6.90. The molecule has 0 saturated carbocycles. The van der Waals surface area contributed by atoms with Crippen molar-refractivity contribution in [3.05, 3.63) is 54.1 Å². The van der Waals surface area contributed by atoms with Crippen LogP contribution in [0, 0.1) is 0 Å². The van der Waals surface area contributed by atoms with Crippen molar-refractivity contribution in [2.45, 2.75) is 13.0 Å². The van der Waals surface area contributed by atoms with E-state index in [1.165, 1.54) is 7.11 Å². The molecule has 0 N–H and O–H groups in total. The number of hydrogen-bond donors (Lipinski definition) is 0. The standard InChI is InChI=1S/C17H15NO4/c1-11-16(19)18(13-6-4-3-5-7-13)14-10-12(17(20)21-2)8-9-15(14)22-11/h3-11H,1-2H3. The highest BCUT2D eigenvalue weighted by Gasteiger charge is 2.33. The molecule has 2 aromatic rings. The molecule has 1 atom stereocenters. The zero-order valence-electron chi connectivity index (χ0n) is 12.3. The largest absolute Gasteiger partial charge is 0.479 e. The number of benzene rings is 2. The maximum absolute atomic E-state index is 12.5. The third-order valence-corrected chi connectivity index (χ3v) is 3.51. The van der Waals surface area contributed by atoms with Crippen LogP contribution in [0.5, 0.6) is 5.75 Å². The first kappa shape index (κ1) is 14.1. The second kappa shape index (κ2) is 5.52. The van der Waals surface area contributed by atoms with Crippen LogP contribution >= 0.6 is 0 Å². The van der Waals surface area contributed by atoms with Crippen LogP contribution in [0.1, 0.15) is 17.3 Å². The molecule has 0 saturated heterocycles. The lowest BCUT2D eigenvalue weighted by atomic mass is 10.1. The van der Waals surface area contributed by atoms with E-state index >= 15 is 0 Å². The minimum absolute atomic E-state index is 0.180. The van der Waals surface area contributed by atoms with Gasteiger partial charge < -0.3 is 9.47 Å². The molecule has 5 nitrogen and oxygen atoms in total. The Morgan fingerprint density at radius 2 is 1.91 bits per heavy atom. The van der Waals surface area contributed by atoms with Gasteiger partial charge in [-0.3, -0.25) is 9.69 Å². The molecule has 0 fully saturated rings. The molecule has 1 unspecified atom stereocenters. The molecular formula is C17H15NO4. The van der Waals surface area contributed by atoms with Crippen molar-refractivity contribution in [1.29, 1.82) is 0 Å². The molecule has 0 bridgehead atoms. The lowest BCUT2D eigenvalue weighted by Crippen LogP contribution is -2.41. The third kappa shape index (κ3) is 2.30. The topological polar surface area (TPSA) is 55.8 Å². The molecule has 1 aliphatic rings. The van der Waals surface area contributed by atoms with Crippen LogP contribution in [-0.4, -0.2) is 25.1 Å². The van der Waals surface area contributed by atoms with Gasteiger partial charge in [-0.05, 0) is 37.3 Å². The molecule has 2 aromatic carbocycles. The van der Waals surface area contributed by atoms with Crippen molar-refractivity contribution in [3.8, 4) is 5.75 Å². The van der Waals surface area contributed by atoms with Gasteiger partial charge >= 0.3 is 5.97 Å². The molecule has 5 heteroatoms. The van der Waals surface area contributed by atoms with E-state index in [2.05, 4.69) is 0 Å². The van der Waals surface area contributed by atoms with Crippen molar-refractivity contribution in [2.75, 3.05) is 12.0 Å². The molecule has 0 spiro atoms. The Morgan fingerprint density at radius 3 is 2.59 bits per heavy atom. The molecule has 1 aliphatic heterocycles. The van der Waals surface area contributed by atoms with E-state index in [0.717, 1.165) is 5.69 Å². The fourth-order valence-corrected chi connectivity index (χ4v) is 2.42. The second-order valence-electron chi connectivity index (χ2n) is 4.94. The molecule has 0 aliphatic carbocycles. The van der Waals surface area contributed by atoms with Gasteiger partial charge in [-0.15, -0.1) is 0 Å². The number of nitrogens with zero attached hydrogens (tertiary/aromatic N) is 1. The van der Waals surface area contributed by atoms with Gasteiger partial charge in [0.05, 0.1) is 18.4 Å². The van der Waals surface area contributed by atoms with Crippen molar-refractivity contribution in [3.63, 3.8) is 0 Å². The van der Waals surface area contributed by atoms with E-state index in [9.17, 15) is 9.59 Å². The van der Waals surface area contributed by atoms with Gasteiger partial charge in [-0.25, -0.2) is 4.79 Å². The monoisotopic (exact) mass is 297 g/mol. The van der Waals surface area contributed by atoms with Crippen LogP contribution in [0.2, 0.25) is 0 Å². The van der Waals surface area contributed by atoms with E-state index in [1.54, 1.807) is 30.0 Å². The van der Waals surface area contributed by atoms with Gasteiger partial charge in [0.2, 0.25) is 0 Å². The van der Waals surface area contributed by atoms with Crippen LogP contribution in [-0.2, 0) is 9.53 Å². The van der Waals surface area contributed by atoms with E-state index in [0.29, 0.717) is 17.0 Å². The predicted molar refractivity (Wildman–Crippen MR) is 81.5 cm³/mol. The second-order valence-corrected chi connectivity index (χ2v) is 4.94. The number of methoxy groups -OCH3 is 1. The zero-order valence-corrected chi connectivity index (χ0v) is 12.3. The number of anilines is 2. The molecule has 1 amide bonds. The lowest BCUT2D eigenvalue weighted by Gasteiger charge is -2.33. The van der Waals surface area contributed by atoms with Crippen LogP contribution in [0.25, 0.3) is 0 Å². The average molecular weight is 297 g/mol. The summed E-state index contributed by atoms with van der Waals surface area (Å²) in [4.78, 5) is 25.8. The van der Waals surface area contributed by atoms with Gasteiger partial charge in [0, 0.05) is 5.69 Å². The van der Waals surface area contributed by atoms with Gasteiger partial charge in [-0.1, -0.05) is 18.2 Å². The van der Waals surface area contributed by atoms with Crippen LogP contribution in [0.3, 0.4) is 0 Å². The fourth-order valence-electron chi connectivity index (χ4n) is 2.42. The number of ether oxygens (including phenoxy) is 2. The Hall–Kier alpha value is -2.82. The molecule has 0 radical (unpaired) electrons. The van der Waals surface area contributed by atoms with Crippen molar-refractivity contribution < 1.29 is 19.1 Å². The smallest absolute Gasteiger partial charge is 0.337 e. The highest BCUT2D eigenvalue weighted by Crippen LogP contribution is 2.39. The summed E-state index contributed by atoms with van der Waals surface area (Å²) in [5, 5.41) is 0. The summed E-state index contributed by atoms with van der Waals surface area (Å²) in [5.74, 6) is -0.0776. The SMILES string of the molecule is COC(=O)c1ccc2c(c1)N(c1ccccc1)C(=O)C(C)O2. The maximum Gasteiger partial charge on any atom is 0.337 e. The minimum atomic E-state index is -0.586. The van der Waals surface area contributed by atoms with E-state index in [4.69, 9.17) is 9.47 Å². The first-order chi connectivity index (χ1) is 10.6. The number of carbonyl (C=O) groups excluding carboxylic acids is 2. The number of rotatable bonds is 2. The molecule has 22 heavy (non-hydrogen) atoms. The summed E-state index contributed by atoms with van der Waals surface area (Å²) in [6.45, 7) is 1.70. The third-order valence-electron chi connectivity index (χ3n) is 3.51. The molecule has 112 valence electrons. The van der Waals surface area contributed by atoms with Crippen LogP contribution in [0.4, 0.5) is 11.4 Å². The maximum atomic E-state index is 12.5.